The number of nitrogens with one attached hydrogen (secondary N) is 1. The van der Waals surface area contributed by atoms with Crippen LogP contribution in [0.2, 0.25) is 0 Å². The van der Waals surface area contributed by atoms with Crippen LogP contribution >= 0.6 is 11.6 Å². The zero-order valence-electron chi connectivity index (χ0n) is 8.66. The molecule has 1 rings (SSSR count). The fraction of sp³-hybridized carbons (Fsp3) is 1.00. The van der Waals surface area contributed by atoms with Crippen molar-refractivity contribution >= 4 is 21.6 Å². The highest BCUT2D eigenvalue weighted by molar-refractivity contribution is 7.89. The summed E-state index contributed by atoms with van der Waals surface area (Å²) in [5.41, 5.74) is 0. The van der Waals surface area contributed by atoms with Crippen LogP contribution in [0.15, 0.2) is 0 Å². The van der Waals surface area contributed by atoms with E-state index in [-0.39, 0.29) is 23.1 Å². The molecule has 0 spiro atoms. The van der Waals surface area contributed by atoms with Crippen molar-refractivity contribution in [3.8, 4) is 0 Å². The third kappa shape index (κ3) is 3.75. The van der Waals surface area contributed by atoms with Crippen LogP contribution in [0.1, 0.15) is 33.1 Å². The zero-order valence-corrected chi connectivity index (χ0v) is 10.2. The molecular weight excluding hydrogens is 222 g/mol. The fourth-order valence-electron chi connectivity index (χ4n) is 1.77. The fourth-order valence-corrected chi connectivity index (χ4v) is 3.90. The second-order valence-corrected chi connectivity index (χ2v) is 6.71. The number of halogens is 1. The summed E-state index contributed by atoms with van der Waals surface area (Å²) in [7, 11) is -3.13. The third-order valence-corrected chi connectivity index (χ3v) is 4.61. The van der Waals surface area contributed by atoms with Gasteiger partial charge in [-0.2, -0.15) is 0 Å². The molecule has 0 aliphatic heterocycles. The lowest BCUT2D eigenvalue weighted by Crippen LogP contribution is -2.40. The van der Waals surface area contributed by atoms with Gasteiger partial charge in [0.15, 0.2) is 0 Å². The molecule has 0 aromatic rings. The van der Waals surface area contributed by atoms with Gasteiger partial charge in [0.1, 0.15) is 0 Å². The van der Waals surface area contributed by atoms with E-state index in [0.29, 0.717) is 0 Å². The van der Waals surface area contributed by atoms with Crippen molar-refractivity contribution < 1.29 is 8.42 Å². The van der Waals surface area contributed by atoms with Gasteiger partial charge < -0.3 is 0 Å². The molecule has 0 bridgehead atoms. The minimum atomic E-state index is -3.13. The van der Waals surface area contributed by atoms with E-state index in [4.69, 9.17) is 11.6 Å². The van der Waals surface area contributed by atoms with Crippen LogP contribution in [0.5, 0.6) is 0 Å². The predicted octanol–water partition coefficient (Wildman–Crippen LogP) is 1.72. The van der Waals surface area contributed by atoms with E-state index in [2.05, 4.69) is 4.72 Å². The lowest BCUT2D eigenvalue weighted by atomic mass is 10.3. The Hall–Kier alpha value is 0.200. The summed E-state index contributed by atoms with van der Waals surface area (Å²) in [4.78, 5) is 0. The molecule has 0 aromatic heterocycles. The molecule has 0 radical (unpaired) electrons. The van der Waals surface area contributed by atoms with Gasteiger partial charge in [-0.05, 0) is 18.8 Å². The van der Waals surface area contributed by atoms with Gasteiger partial charge in [0.05, 0.1) is 5.75 Å². The van der Waals surface area contributed by atoms with Gasteiger partial charge in [0.25, 0.3) is 0 Å². The summed E-state index contributed by atoms with van der Waals surface area (Å²) in [6.45, 7) is 3.79. The van der Waals surface area contributed by atoms with Crippen LogP contribution in [0, 0.1) is 5.92 Å². The van der Waals surface area contributed by atoms with Crippen molar-refractivity contribution in [1.29, 1.82) is 0 Å². The first kappa shape index (κ1) is 12.3. The number of sulfonamides is 1. The molecule has 0 amide bonds. The third-order valence-electron chi connectivity index (χ3n) is 2.32. The van der Waals surface area contributed by atoms with Gasteiger partial charge in [-0.3, -0.25) is 0 Å². The van der Waals surface area contributed by atoms with Crippen LogP contribution in [-0.2, 0) is 10.0 Å². The zero-order chi connectivity index (χ0) is 10.8. The Morgan fingerprint density at radius 3 is 2.50 bits per heavy atom. The predicted molar refractivity (Wildman–Crippen MR) is 59.0 cm³/mol. The van der Waals surface area contributed by atoms with Crippen molar-refractivity contribution in [2.24, 2.45) is 5.92 Å². The topological polar surface area (TPSA) is 46.2 Å². The maximum atomic E-state index is 11.6. The van der Waals surface area contributed by atoms with E-state index in [1.165, 1.54) is 0 Å². The van der Waals surface area contributed by atoms with Crippen molar-refractivity contribution in [2.45, 2.75) is 44.5 Å². The molecule has 1 aliphatic rings. The highest BCUT2D eigenvalue weighted by Crippen LogP contribution is 2.24. The molecule has 1 saturated carbocycles. The lowest BCUT2D eigenvalue weighted by Gasteiger charge is -2.16. The number of rotatable bonds is 4. The van der Waals surface area contributed by atoms with E-state index in [9.17, 15) is 8.42 Å². The van der Waals surface area contributed by atoms with Gasteiger partial charge in [-0.25, -0.2) is 13.1 Å². The Morgan fingerprint density at radius 2 is 2.07 bits per heavy atom. The van der Waals surface area contributed by atoms with Gasteiger partial charge in [-0.15, -0.1) is 11.6 Å². The molecule has 5 heteroatoms. The molecule has 1 aliphatic carbocycles. The van der Waals surface area contributed by atoms with Crippen LogP contribution in [-0.4, -0.2) is 25.6 Å². The van der Waals surface area contributed by atoms with E-state index in [1.807, 2.05) is 13.8 Å². The first-order chi connectivity index (χ1) is 6.41. The largest absolute Gasteiger partial charge is 0.212 e. The van der Waals surface area contributed by atoms with Gasteiger partial charge in [-0.1, -0.05) is 20.3 Å². The SMILES string of the molecule is CC(C)CS(=O)(=O)NC1CCCC1Cl. The maximum absolute atomic E-state index is 11.6. The van der Waals surface area contributed by atoms with Gasteiger partial charge in [0, 0.05) is 11.4 Å². The molecule has 84 valence electrons. The molecule has 1 N–H and O–H groups in total. The average Bonchev–Trinajstić information content (AvgIpc) is 2.32. The highest BCUT2D eigenvalue weighted by atomic mass is 35.5. The molecule has 3 nitrogen and oxygen atoms in total. The Bertz CT molecular complexity index is 277. The molecule has 14 heavy (non-hydrogen) atoms. The number of hydrogen-bond donors (Lipinski definition) is 1. The van der Waals surface area contributed by atoms with Crippen molar-refractivity contribution in [1.82, 2.24) is 4.72 Å². The summed E-state index contributed by atoms with van der Waals surface area (Å²) in [6.07, 6.45) is 2.80. The van der Waals surface area contributed by atoms with Gasteiger partial charge in [0.2, 0.25) is 10.0 Å². The van der Waals surface area contributed by atoms with Crippen LogP contribution in [0.4, 0.5) is 0 Å². The highest BCUT2D eigenvalue weighted by Gasteiger charge is 2.29. The first-order valence-electron chi connectivity index (χ1n) is 5.05. The van der Waals surface area contributed by atoms with Crippen molar-refractivity contribution in [3.05, 3.63) is 0 Å². The van der Waals surface area contributed by atoms with E-state index < -0.39 is 10.0 Å². The molecule has 0 aromatic carbocycles. The van der Waals surface area contributed by atoms with E-state index in [1.54, 1.807) is 0 Å². The second kappa shape index (κ2) is 4.81. The summed E-state index contributed by atoms with van der Waals surface area (Å²) < 4.78 is 25.8. The van der Waals surface area contributed by atoms with Gasteiger partial charge >= 0.3 is 0 Å². The van der Waals surface area contributed by atoms with E-state index >= 15 is 0 Å². The monoisotopic (exact) mass is 239 g/mol. The standard InChI is InChI=1S/C9H18ClNO2S/c1-7(2)6-14(12,13)11-9-5-3-4-8(9)10/h7-9,11H,3-6H2,1-2H3. The Labute approximate surface area is 91.3 Å². The van der Waals surface area contributed by atoms with Crippen LogP contribution < -0.4 is 4.72 Å². The summed E-state index contributed by atoms with van der Waals surface area (Å²) in [5, 5.41) is -0.0306. The van der Waals surface area contributed by atoms with Crippen LogP contribution in [0.3, 0.4) is 0 Å². The minimum absolute atomic E-state index is 0.0306. The summed E-state index contributed by atoms with van der Waals surface area (Å²) in [5.74, 6) is 0.343. The quantitative estimate of drug-likeness (QED) is 0.760. The number of alkyl halides is 1. The summed E-state index contributed by atoms with van der Waals surface area (Å²) in [6, 6.07) is -0.0552. The minimum Gasteiger partial charge on any atom is -0.212 e. The molecule has 0 heterocycles. The molecule has 1 fully saturated rings. The summed E-state index contributed by atoms with van der Waals surface area (Å²) >= 11 is 5.99. The van der Waals surface area contributed by atoms with Crippen molar-refractivity contribution in [3.63, 3.8) is 0 Å². The normalized spacial score (nSPS) is 28.6. The van der Waals surface area contributed by atoms with E-state index in [0.717, 1.165) is 19.3 Å². The first-order valence-corrected chi connectivity index (χ1v) is 7.13. The molecule has 2 atom stereocenters. The molecular formula is C9H18ClNO2S. The molecule has 2 unspecified atom stereocenters. The second-order valence-electron chi connectivity index (χ2n) is 4.35. The average molecular weight is 240 g/mol. The maximum Gasteiger partial charge on any atom is 0.212 e. The molecule has 0 saturated heterocycles. The Kier molecular flexibility index (Phi) is 4.22. The number of hydrogen-bond acceptors (Lipinski definition) is 2. The van der Waals surface area contributed by atoms with Crippen LogP contribution in [0.25, 0.3) is 0 Å². The lowest BCUT2D eigenvalue weighted by molar-refractivity contribution is 0.543. The Balaban J connectivity index is 2.50. The van der Waals surface area contributed by atoms with Crippen molar-refractivity contribution in [2.75, 3.05) is 5.75 Å². The Morgan fingerprint density at radius 1 is 1.43 bits per heavy atom. The smallest absolute Gasteiger partial charge is 0.212 e.